The predicted octanol–water partition coefficient (Wildman–Crippen LogP) is 2.87. The van der Waals surface area contributed by atoms with E-state index in [0.29, 0.717) is 11.4 Å². The molecule has 0 saturated heterocycles. The average molecular weight is 246 g/mol. The number of nitrogens with one attached hydrogen (secondary N) is 1. The first-order valence-corrected chi connectivity index (χ1v) is 5.05. The molecule has 0 unspecified atom stereocenters. The molecule has 94 valence electrons. The first-order valence-electron chi connectivity index (χ1n) is 5.05. The van der Waals surface area contributed by atoms with E-state index >= 15 is 0 Å². The highest BCUT2D eigenvalue weighted by Gasteiger charge is 2.23. The SMILES string of the molecule is COc1ccc(NC(=O)CC[B-](F)(F)F)cc1. The number of amides is 1. The van der Waals surface area contributed by atoms with E-state index in [1.54, 1.807) is 24.3 Å². The number of methoxy groups -OCH3 is 1. The molecule has 1 amide bonds. The van der Waals surface area contributed by atoms with E-state index in [1.165, 1.54) is 7.11 Å². The second kappa shape index (κ2) is 5.61. The van der Waals surface area contributed by atoms with Gasteiger partial charge >= 0.3 is 6.98 Å². The number of rotatable bonds is 5. The summed E-state index contributed by atoms with van der Waals surface area (Å²) >= 11 is 0. The van der Waals surface area contributed by atoms with Crippen LogP contribution in [0.1, 0.15) is 6.42 Å². The van der Waals surface area contributed by atoms with Crippen LogP contribution in [0.2, 0.25) is 6.32 Å². The van der Waals surface area contributed by atoms with E-state index in [1.807, 2.05) is 0 Å². The minimum absolute atomic E-state index is 0.450. The maximum atomic E-state index is 11.9. The van der Waals surface area contributed by atoms with Gasteiger partial charge in [-0.25, -0.2) is 0 Å². The van der Waals surface area contributed by atoms with Crippen molar-refractivity contribution in [2.75, 3.05) is 12.4 Å². The molecule has 1 aromatic carbocycles. The average Bonchev–Trinajstić information content (AvgIpc) is 2.27. The monoisotopic (exact) mass is 246 g/mol. The van der Waals surface area contributed by atoms with Crippen molar-refractivity contribution in [2.45, 2.75) is 12.7 Å². The first-order chi connectivity index (χ1) is 7.90. The highest BCUT2D eigenvalue weighted by Crippen LogP contribution is 2.18. The van der Waals surface area contributed by atoms with Crippen LogP contribution in [0.25, 0.3) is 0 Å². The van der Waals surface area contributed by atoms with Gasteiger partial charge in [0.2, 0.25) is 5.91 Å². The predicted molar refractivity (Wildman–Crippen MR) is 60.1 cm³/mol. The van der Waals surface area contributed by atoms with Crippen molar-refractivity contribution in [3.63, 3.8) is 0 Å². The number of hydrogen-bond acceptors (Lipinski definition) is 2. The van der Waals surface area contributed by atoms with Crippen molar-refractivity contribution in [3.05, 3.63) is 24.3 Å². The van der Waals surface area contributed by atoms with E-state index in [0.717, 1.165) is 0 Å². The molecule has 0 spiro atoms. The number of carbonyl (C=O) groups excluding carboxylic acids is 1. The summed E-state index contributed by atoms with van der Waals surface area (Å²) in [5.41, 5.74) is 0.450. The molecule has 1 rings (SSSR count). The Hall–Kier alpha value is -1.66. The molecule has 0 atom stereocenters. The summed E-state index contributed by atoms with van der Waals surface area (Å²) < 4.78 is 40.7. The molecule has 0 aliphatic rings. The number of benzene rings is 1. The van der Waals surface area contributed by atoms with E-state index in [4.69, 9.17) is 4.74 Å². The standard InChI is InChI=1S/C10H12BF3NO2/c1-17-9-4-2-8(3-5-9)15-10(16)6-7-11(12,13)14/h2-5H,6-7H2,1H3,(H,15,16)/q-1. The van der Waals surface area contributed by atoms with Gasteiger partial charge < -0.3 is 23.0 Å². The minimum Gasteiger partial charge on any atom is -0.497 e. The maximum Gasteiger partial charge on any atom is 0.478 e. The Morgan fingerprint density at radius 2 is 1.88 bits per heavy atom. The zero-order chi connectivity index (χ0) is 12.9. The van der Waals surface area contributed by atoms with E-state index in [-0.39, 0.29) is 0 Å². The summed E-state index contributed by atoms with van der Waals surface area (Å²) in [6.07, 6.45) is -1.60. The van der Waals surface area contributed by atoms with Gasteiger partial charge in [-0.3, -0.25) is 4.79 Å². The normalized spacial score (nSPS) is 11.1. The molecule has 0 aliphatic heterocycles. The lowest BCUT2D eigenvalue weighted by Crippen LogP contribution is -2.19. The van der Waals surface area contributed by atoms with Crippen molar-refractivity contribution in [1.29, 1.82) is 0 Å². The van der Waals surface area contributed by atoms with Crippen LogP contribution in [0.15, 0.2) is 24.3 Å². The third kappa shape index (κ3) is 5.28. The molecular weight excluding hydrogens is 234 g/mol. The van der Waals surface area contributed by atoms with Gasteiger partial charge in [0.05, 0.1) is 7.11 Å². The van der Waals surface area contributed by atoms with Crippen LogP contribution in [0.3, 0.4) is 0 Å². The molecule has 0 heterocycles. The summed E-state index contributed by atoms with van der Waals surface area (Å²) in [5.74, 6) is -0.0315. The van der Waals surface area contributed by atoms with Gasteiger partial charge in [0, 0.05) is 12.1 Å². The Bertz CT molecular complexity index is 378. The molecule has 17 heavy (non-hydrogen) atoms. The summed E-state index contributed by atoms with van der Waals surface area (Å²) in [6.45, 7) is -4.90. The molecule has 0 radical (unpaired) electrons. The Morgan fingerprint density at radius 3 is 2.35 bits per heavy atom. The lowest BCUT2D eigenvalue weighted by Gasteiger charge is -2.12. The number of halogens is 3. The summed E-state index contributed by atoms with van der Waals surface area (Å²) in [5, 5.41) is 2.38. The maximum absolute atomic E-state index is 11.9. The van der Waals surface area contributed by atoms with Crippen molar-refractivity contribution < 1.29 is 22.5 Å². The fourth-order valence-corrected chi connectivity index (χ4v) is 1.19. The van der Waals surface area contributed by atoms with Crippen molar-refractivity contribution in [2.24, 2.45) is 0 Å². The van der Waals surface area contributed by atoms with Gasteiger partial charge in [-0.15, -0.1) is 0 Å². The molecule has 0 saturated carbocycles. The Morgan fingerprint density at radius 1 is 1.29 bits per heavy atom. The van der Waals surface area contributed by atoms with Gasteiger partial charge in [-0.05, 0) is 24.3 Å². The molecular formula is C10H12BF3NO2-. The van der Waals surface area contributed by atoms with Crippen LogP contribution in [-0.4, -0.2) is 20.0 Å². The molecule has 7 heteroatoms. The summed E-state index contributed by atoms with van der Waals surface area (Å²) in [6, 6.07) is 6.36. The van der Waals surface area contributed by atoms with Crippen LogP contribution < -0.4 is 10.1 Å². The van der Waals surface area contributed by atoms with Crippen LogP contribution in [0.5, 0.6) is 5.75 Å². The first kappa shape index (κ1) is 13.4. The van der Waals surface area contributed by atoms with Gasteiger partial charge in [0.1, 0.15) is 5.75 Å². The minimum atomic E-state index is -4.90. The van der Waals surface area contributed by atoms with Crippen molar-refractivity contribution in [1.82, 2.24) is 0 Å². The lowest BCUT2D eigenvalue weighted by atomic mass is 9.84. The van der Waals surface area contributed by atoms with Gasteiger partial charge in [0.15, 0.2) is 0 Å². The number of ether oxygens (including phenoxy) is 1. The van der Waals surface area contributed by atoms with Gasteiger partial charge in [0.25, 0.3) is 0 Å². The molecule has 0 fully saturated rings. The quantitative estimate of drug-likeness (QED) is 0.811. The van der Waals surface area contributed by atoms with Crippen molar-refractivity contribution >= 4 is 18.6 Å². The second-order valence-corrected chi connectivity index (χ2v) is 3.53. The summed E-state index contributed by atoms with van der Waals surface area (Å²) in [4.78, 5) is 11.2. The number of anilines is 1. The second-order valence-electron chi connectivity index (χ2n) is 3.53. The fraction of sp³-hybridized carbons (Fsp3) is 0.300. The topological polar surface area (TPSA) is 38.3 Å². The third-order valence-electron chi connectivity index (χ3n) is 2.07. The summed E-state index contributed by atoms with van der Waals surface area (Å²) in [7, 11) is 1.50. The van der Waals surface area contributed by atoms with E-state index < -0.39 is 25.6 Å². The molecule has 3 nitrogen and oxygen atoms in total. The smallest absolute Gasteiger partial charge is 0.478 e. The van der Waals surface area contributed by atoms with Gasteiger partial charge in [-0.1, -0.05) is 6.32 Å². The zero-order valence-corrected chi connectivity index (χ0v) is 9.25. The van der Waals surface area contributed by atoms with E-state index in [2.05, 4.69) is 5.32 Å². The van der Waals surface area contributed by atoms with Crippen LogP contribution in [0.4, 0.5) is 18.6 Å². The van der Waals surface area contributed by atoms with E-state index in [9.17, 15) is 17.7 Å². The Balaban J connectivity index is 2.45. The number of carbonyl (C=O) groups is 1. The highest BCUT2D eigenvalue weighted by atomic mass is 19.4. The lowest BCUT2D eigenvalue weighted by molar-refractivity contribution is -0.116. The Kier molecular flexibility index (Phi) is 4.42. The highest BCUT2D eigenvalue weighted by molar-refractivity contribution is 6.58. The largest absolute Gasteiger partial charge is 0.497 e. The van der Waals surface area contributed by atoms with Crippen LogP contribution in [0, 0.1) is 0 Å². The molecule has 1 aromatic rings. The number of hydrogen-bond donors (Lipinski definition) is 1. The Labute approximate surface area is 97.0 Å². The van der Waals surface area contributed by atoms with Crippen LogP contribution in [-0.2, 0) is 4.79 Å². The van der Waals surface area contributed by atoms with Crippen LogP contribution >= 0.6 is 0 Å². The van der Waals surface area contributed by atoms with Gasteiger partial charge in [-0.2, -0.15) is 0 Å². The molecule has 1 N–H and O–H groups in total. The fourth-order valence-electron chi connectivity index (χ4n) is 1.19. The molecule has 0 bridgehead atoms. The zero-order valence-electron chi connectivity index (χ0n) is 9.25. The molecule has 0 aliphatic carbocycles. The van der Waals surface area contributed by atoms with Crippen molar-refractivity contribution in [3.8, 4) is 5.75 Å². The third-order valence-corrected chi connectivity index (χ3v) is 2.07. The molecule has 0 aromatic heterocycles.